The summed E-state index contributed by atoms with van der Waals surface area (Å²) in [6.45, 7) is 6.94. The molecule has 15 heavy (non-hydrogen) atoms. The second kappa shape index (κ2) is 4.81. The molecule has 1 aliphatic rings. The van der Waals surface area contributed by atoms with E-state index in [1.54, 1.807) is 0 Å². The number of nitrogens with zero attached hydrogens (tertiary/aromatic N) is 1. The third-order valence-electron chi connectivity index (χ3n) is 2.70. The van der Waals surface area contributed by atoms with Gasteiger partial charge in [-0.1, -0.05) is 28.1 Å². The number of hydrogen-bond acceptors (Lipinski definition) is 2. The zero-order valence-corrected chi connectivity index (χ0v) is 10.2. The number of nitrogens with one attached hydrogen (secondary N) is 1. The Bertz CT molecular complexity index is 351. The van der Waals surface area contributed by atoms with Crippen LogP contribution in [0.5, 0.6) is 0 Å². The van der Waals surface area contributed by atoms with E-state index in [1.165, 1.54) is 5.69 Å². The van der Waals surface area contributed by atoms with Gasteiger partial charge in [-0.15, -0.1) is 6.58 Å². The summed E-state index contributed by atoms with van der Waals surface area (Å²) >= 11 is 3.50. The standard InChI is InChI=1S/C12H15BrN2/c1-2-11-9-14-6-7-15(11)12-5-3-4-10(13)8-12/h2-5,8,11,14H,1,6-7,9H2/t11-/m1/s1. The Morgan fingerprint density at radius 2 is 2.40 bits per heavy atom. The van der Waals surface area contributed by atoms with Crippen LogP contribution in [0.15, 0.2) is 41.4 Å². The molecule has 1 aromatic rings. The summed E-state index contributed by atoms with van der Waals surface area (Å²) in [7, 11) is 0. The molecule has 0 bridgehead atoms. The quantitative estimate of drug-likeness (QED) is 0.828. The molecule has 2 nitrogen and oxygen atoms in total. The van der Waals surface area contributed by atoms with E-state index >= 15 is 0 Å². The topological polar surface area (TPSA) is 15.3 Å². The maximum absolute atomic E-state index is 3.89. The van der Waals surface area contributed by atoms with Gasteiger partial charge in [0.05, 0.1) is 6.04 Å². The van der Waals surface area contributed by atoms with Crippen molar-refractivity contribution in [3.05, 3.63) is 41.4 Å². The van der Waals surface area contributed by atoms with Gasteiger partial charge in [-0.2, -0.15) is 0 Å². The molecule has 2 rings (SSSR count). The predicted octanol–water partition coefficient (Wildman–Crippen LogP) is 2.41. The van der Waals surface area contributed by atoms with Gasteiger partial charge in [0.1, 0.15) is 0 Å². The molecule has 1 aliphatic heterocycles. The second-order valence-electron chi connectivity index (χ2n) is 3.68. The van der Waals surface area contributed by atoms with Crippen LogP contribution in [0, 0.1) is 0 Å². The number of piperazine rings is 1. The summed E-state index contributed by atoms with van der Waals surface area (Å²) in [5.74, 6) is 0. The first-order chi connectivity index (χ1) is 7.31. The molecule has 1 aromatic carbocycles. The van der Waals surface area contributed by atoms with Crippen molar-refractivity contribution < 1.29 is 0 Å². The first-order valence-electron chi connectivity index (χ1n) is 5.17. The SMILES string of the molecule is C=C[C@@H]1CNCCN1c1cccc(Br)c1. The molecule has 0 aliphatic carbocycles. The van der Waals surface area contributed by atoms with E-state index in [-0.39, 0.29) is 0 Å². The van der Waals surface area contributed by atoms with Crippen LogP contribution in [-0.4, -0.2) is 25.7 Å². The fourth-order valence-electron chi connectivity index (χ4n) is 1.91. The van der Waals surface area contributed by atoms with Crippen LogP contribution in [0.1, 0.15) is 0 Å². The third kappa shape index (κ3) is 2.41. The van der Waals surface area contributed by atoms with Gasteiger partial charge in [-0.25, -0.2) is 0 Å². The highest BCUT2D eigenvalue weighted by Gasteiger charge is 2.19. The molecule has 1 N–H and O–H groups in total. The molecule has 0 aromatic heterocycles. The minimum absolute atomic E-state index is 0.396. The lowest BCUT2D eigenvalue weighted by Gasteiger charge is -2.36. The fourth-order valence-corrected chi connectivity index (χ4v) is 2.30. The Morgan fingerprint density at radius 1 is 1.53 bits per heavy atom. The zero-order valence-electron chi connectivity index (χ0n) is 8.62. The smallest absolute Gasteiger partial charge is 0.0595 e. The minimum atomic E-state index is 0.396. The van der Waals surface area contributed by atoms with Crippen molar-refractivity contribution in [2.24, 2.45) is 0 Å². The van der Waals surface area contributed by atoms with Crippen LogP contribution in [0.2, 0.25) is 0 Å². The molecular weight excluding hydrogens is 252 g/mol. The summed E-state index contributed by atoms with van der Waals surface area (Å²) < 4.78 is 1.13. The van der Waals surface area contributed by atoms with E-state index < -0.39 is 0 Å². The Morgan fingerprint density at radius 3 is 3.13 bits per heavy atom. The van der Waals surface area contributed by atoms with Gasteiger partial charge in [-0.3, -0.25) is 0 Å². The third-order valence-corrected chi connectivity index (χ3v) is 3.19. The van der Waals surface area contributed by atoms with Crippen molar-refractivity contribution in [1.29, 1.82) is 0 Å². The van der Waals surface area contributed by atoms with Crippen molar-refractivity contribution >= 4 is 21.6 Å². The average molecular weight is 267 g/mol. The van der Waals surface area contributed by atoms with Crippen molar-refractivity contribution in [3.8, 4) is 0 Å². The maximum atomic E-state index is 3.89. The van der Waals surface area contributed by atoms with Crippen molar-refractivity contribution in [3.63, 3.8) is 0 Å². The van der Waals surface area contributed by atoms with Gasteiger partial charge in [0.2, 0.25) is 0 Å². The fraction of sp³-hybridized carbons (Fsp3) is 0.333. The summed E-state index contributed by atoms with van der Waals surface area (Å²) in [6, 6.07) is 8.82. The normalized spacial score (nSPS) is 21.4. The van der Waals surface area contributed by atoms with Crippen LogP contribution in [0.25, 0.3) is 0 Å². The van der Waals surface area contributed by atoms with E-state index in [0.717, 1.165) is 24.1 Å². The molecule has 0 saturated carbocycles. The molecule has 0 amide bonds. The van der Waals surface area contributed by atoms with E-state index in [9.17, 15) is 0 Å². The molecule has 1 heterocycles. The number of anilines is 1. The molecular formula is C12H15BrN2. The van der Waals surface area contributed by atoms with Gasteiger partial charge in [0, 0.05) is 29.8 Å². The molecule has 80 valence electrons. The lowest BCUT2D eigenvalue weighted by Crippen LogP contribution is -2.50. The monoisotopic (exact) mass is 266 g/mol. The Kier molecular flexibility index (Phi) is 3.44. The lowest BCUT2D eigenvalue weighted by atomic mass is 10.1. The predicted molar refractivity (Wildman–Crippen MR) is 68.3 cm³/mol. The highest BCUT2D eigenvalue weighted by atomic mass is 79.9. The van der Waals surface area contributed by atoms with Crippen LogP contribution < -0.4 is 10.2 Å². The molecule has 1 atom stereocenters. The van der Waals surface area contributed by atoms with Crippen LogP contribution in [-0.2, 0) is 0 Å². The van der Waals surface area contributed by atoms with Gasteiger partial charge in [-0.05, 0) is 18.2 Å². The Labute approximate surface area is 99.1 Å². The Hall–Kier alpha value is -0.800. The summed E-state index contributed by atoms with van der Waals surface area (Å²) in [6.07, 6.45) is 2.01. The molecule has 0 spiro atoms. The van der Waals surface area contributed by atoms with Gasteiger partial charge in [0.25, 0.3) is 0 Å². The number of benzene rings is 1. The maximum Gasteiger partial charge on any atom is 0.0595 e. The number of hydrogen-bond donors (Lipinski definition) is 1. The lowest BCUT2D eigenvalue weighted by molar-refractivity contribution is 0.530. The minimum Gasteiger partial charge on any atom is -0.363 e. The average Bonchev–Trinajstić information content (AvgIpc) is 2.29. The summed E-state index contributed by atoms with van der Waals surface area (Å²) in [4.78, 5) is 2.38. The number of rotatable bonds is 2. The first-order valence-corrected chi connectivity index (χ1v) is 5.96. The molecule has 1 saturated heterocycles. The molecule has 0 radical (unpaired) electrons. The largest absolute Gasteiger partial charge is 0.363 e. The van der Waals surface area contributed by atoms with Crippen LogP contribution >= 0.6 is 15.9 Å². The Balaban J connectivity index is 2.23. The molecule has 0 unspecified atom stereocenters. The first kappa shape index (κ1) is 10.7. The highest BCUT2D eigenvalue weighted by Crippen LogP contribution is 2.22. The van der Waals surface area contributed by atoms with Crippen LogP contribution in [0.4, 0.5) is 5.69 Å². The zero-order chi connectivity index (χ0) is 10.7. The van der Waals surface area contributed by atoms with Crippen molar-refractivity contribution in [2.45, 2.75) is 6.04 Å². The molecule has 1 fully saturated rings. The summed E-state index contributed by atoms with van der Waals surface area (Å²) in [5, 5.41) is 3.38. The van der Waals surface area contributed by atoms with E-state index in [1.807, 2.05) is 6.08 Å². The highest BCUT2D eigenvalue weighted by molar-refractivity contribution is 9.10. The van der Waals surface area contributed by atoms with Gasteiger partial charge < -0.3 is 10.2 Å². The van der Waals surface area contributed by atoms with Gasteiger partial charge in [0.15, 0.2) is 0 Å². The van der Waals surface area contributed by atoms with Gasteiger partial charge >= 0.3 is 0 Å². The second-order valence-corrected chi connectivity index (χ2v) is 4.60. The number of halogens is 1. The molecule has 3 heteroatoms. The van der Waals surface area contributed by atoms with E-state index in [2.05, 4.69) is 57.0 Å². The van der Waals surface area contributed by atoms with E-state index in [4.69, 9.17) is 0 Å². The van der Waals surface area contributed by atoms with E-state index in [0.29, 0.717) is 6.04 Å². The van der Waals surface area contributed by atoms with Crippen molar-refractivity contribution in [2.75, 3.05) is 24.5 Å². The van der Waals surface area contributed by atoms with Crippen molar-refractivity contribution in [1.82, 2.24) is 5.32 Å². The van der Waals surface area contributed by atoms with Crippen LogP contribution in [0.3, 0.4) is 0 Å². The summed E-state index contributed by atoms with van der Waals surface area (Å²) in [5.41, 5.74) is 1.26.